The number of ether oxygens (including phenoxy) is 1. The van der Waals surface area contributed by atoms with Crippen molar-refractivity contribution in [1.82, 2.24) is 20.6 Å². The minimum Gasteiger partial charge on any atom is -0.496 e. The van der Waals surface area contributed by atoms with Crippen LogP contribution >= 0.6 is 0 Å². The molecule has 4 fully saturated rings. The van der Waals surface area contributed by atoms with E-state index in [0.29, 0.717) is 59.5 Å². The number of carbonyl (C=O) groups is 3. The third-order valence-electron chi connectivity index (χ3n) is 12.2. The highest BCUT2D eigenvalue weighted by Gasteiger charge is 2.57. The number of likely N-dealkylation sites (N-methyl/N-ethyl adjacent to an activating group) is 1. The van der Waals surface area contributed by atoms with Gasteiger partial charge < -0.3 is 30.5 Å². The quantitative estimate of drug-likeness (QED) is 0.106. The van der Waals surface area contributed by atoms with E-state index >= 15 is 0 Å². The molecule has 11 nitrogen and oxygen atoms in total. The first-order chi connectivity index (χ1) is 26.2. The molecule has 298 valence electrons. The predicted molar refractivity (Wildman–Crippen MR) is 213 cm³/mol. The maximum absolute atomic E-state index is 14.2. The van der Waals surface area contributed by atoms with Crippen LogP contribution in [-0.2, 0) is 32.2 Å². The number of aldehydes is 1. The predicted octanol–water partition coefficient (Wildman–Crippen LogP) is 4.34. The summed E-state index contributed by atoms with van der Waals surface area (Å²) in [6.07, 6.45) is 6.29. The van der Waals surface area contributed by atoms with E-state index in [2.05, 4.69) is 38.0 Å². The first-order valence-corrected chi connectivity index (χ1v) is 19.4. The number of amides is 2. The lowest BCUT2D eigenvalue weighted by atomic mass is 9.45. The maximum Gasteiger partial charge on any atom is 0.244 e. The highest BCUT2D eigenvalue weighted by atomic mass is 16.7. The van der Waals surface area contributed by atoms with Crippen molar-refractivity contribution in [3.8, 4) is 5.75 Å². The first kappa shape index (κ1) is 42.0. The Balaban J connectivity index is 1.40. The van der Waals surface area contributed by atoms with Crippen molar-refractivity contribution in [2.24, 2.45) is 29.1 Å². The van der Waals surface area contributed by atoms with Crippen molar-refractivity contribution in [2.45, 2.75) is 83.8 Å². The fourth-order valence-corrected chi connectivity index (χ4v) is 9.19. The van der Waals surface area contributed by atoms with Gasteiger partial charge in [0.1, 0.15) is 24.2 Å². The summed E-state index contributed by atoms with van der Waals surface area (Å²) >= 11 is 0. The normalized spacial score (nSPS) is 27.3. The largest absolute Gasteiger partial charge is 0.496 e. The van der Waals surface area contributed by atoms with E-state index in [0.717, 1.165) is 12.0 Å². The number of nitrogens with zero attached hydrogens (tertiary/aromatic N) is 2. The maximum atomic E-state index is 14.2. The number of benzene rings is 2. The SMILES string of the molecule is C=C(C=O)C=C(C=CC(=O)N[C@@H](Cc1ccccc1)CN(C)C)c1cccc(CN2O[C@@H](CO)[C@@H]([C@H](C)O)[C@H]2C(=O)N[C@H]2C[C@H]3C[C@@H]([C@@H]2C)C3(C)C)c1OC. The van der Waals surface area contributed by atoms with Gasteiger partial charge in [0.05, 0.1) is 26.4 Å². The number of allylic oxidation sites excluding steroid dienone is 4. The van der Waals surface area contributed by atoms with Crippen LogP contribution in [0.25, 0.3) is 5.57 Å². The minimum atomic E-state index is -0.938. The molecule has 4 N–H and O–H groups in total. The molecule has 2 aromatic rings. The van der Waals surface area contributed by atoms with Crippen LogP contribution in [0.2, 0.25) is 0 Å². The van der Waals surface area contributed by atoms with Crippen LogP contribution in [0.5, 0.6) is 5.75 Å². The van der Waals surface area contributed by atoms with E-state index in [9.17, 15) is 24.6 Å². The number of nitrogens with one attached hydrogen (secondary N) is 2. The van der Waals surface area contributed by atoms with E-state index in [1.165, 1.54) is 19.6 Å². The Hall–Kier alpha value is -4.13. The molecule has 2 amide bonds. The highest BCUT2D eigenvalue weighted by Crippen LogP contribution is 2.61. The molecule has 0 spiro atoms. The molecule has 0 radical (unpaired) electrons. The molecule has 6 rings (SSSR count). The Bertz CT molecular complexity index is 1740. The lowest BCUT2D eigenvalue weighted by molar-refractivity contribution is -0.183. The second-order valence-electron chi connectivity index (χ2n) is 16.5. The van der Waals surface area contributed by atoms with Crippen molar-refractivity contribution >= 4 is 23.7 Å². The number of hydrogen-bond acceptors (Lipinski definition) is 9. The molecule has 0 aromatic heterocycles. The number of para-hydroxylation sites is 1. The second-order valence-corrected chi connectivity index (χ2v) is 16.5. The van der Waals surface area contributed by atoms with E-state index < -0.39 is 24.2 Å². The van der Waals surface area contributed by atoms with Gasteiger partial charge in [0.2, 0.25) is 11.8 Å². The fraction of sp³-hybridized carbons (Fsp3) is 0.523. The highest BCUT2D eigenvalue weighted by molar-refractivity contribution is 5.94. The smallest absolute Gasteiger partial charge is 0.244 e. The van der Waals surface area contributed by atoms with Gasteiger partial charge in [-0.15, -0.1) is 0 Å². The molecular formula is C44H60N4O7. The third kappa shape index (κ3) is 9.64. The summed E-state index contributed by atoms with van der Waals surface area (Å²) in [4.78, 5) is 47.6. The van der Waals surface area contributed by atoms with Gasteiger partial charge in [0, 0.05) is 47.3 Å². The summed E-state index contributed by atoms with van der Waals surface area (Å²) in [5, 5.41) is 29.2. The lowest BCUT2D eigenvalue weighted by Gasteiger charge is -2.62. The summed E-state index contributed by atoms with van der Waals surface area (Å²) in [7, 11) is 5.45. The summed E-state index contributed by atoms with van der Waals surface area (Å²) in [5.41, 5.74) is 3.33. The van der Waals surface area contributed by atoms with Crippen LogP contribution in [0.4, 0.5) is 0 Å². The van der Waals surface area contributed by atoms with Gasteiger partial charge in [0.15, 0.2) is 0 Å². The Morgan fingerprint density at radius 1 is 1.13 bits per heavy atom. The van der Waals surface area contributed by atoms with Crippen LogP contribution in [0.3, 0.4) is 0 Å². The van der Waals surface area contributed by atoms with Gasteiger partial charge in [-0.25, -0.2) is 0 Å². The summed E-state index contributed by atoms with van der Waals surface area (Å²) in [6.45, 7) is 12.7. The van der Waals surface area contributed by atoms with Gasteiger partial charge in [-0.1, -0.05) is 75.9 Å². The molecule has 3 aliphatic carbocycles. The molecule has 3 saturated carbocycles. The number of aliphatic hydroxyl groups excluding tert-OH is 2. The van der Waals surface area contributed by atoms with Gasteiger partial charge >= 0.3 is 0 Å². The number of fused-ring (bicyclic) bond motifs is 2. The minimum absolute atomic E-state index is 0.00548. The molecule has 1 saturated heterocycles. The molecule has 4 aliphatic rings. The summed E-state index contributed by atoms with van der Waals surface area (Å²) in [5.74, 6) is 0.597. The molecule has 2 bridgehead atoms. The molecular weight excluding hydrogens is 697 g/mol. The molecule has 2 aromatic carbocycles. The lowest BCUT2D eigenvalue weighted by Crippen LogP contribution is -2.62. The fourth-order valence-electron chi connectivity index (χ4n) is 9.19. The average molecular weight is 757 g/mol. The Morgan fingerprint density at radius 3 is 2.45 bits per heavy atom. The molecule has 1 heterocycles. The molecule has 9 atom stereocenters. The standard InChI is InChI=1S/C44H60N4O7/c1-27(25-49)19-31(17-18-39(52)45-34(24-47(6)7)20-30-13-10-9-11-14-30)35-16-12-15-32(42(35)54-8)23-48-41(40(29(3)51)38(26-50)55-48)43(53)46-37-22-33-21-36(28(37)2)44(33,4)5/h9-19,25,28-29,33-34,36-38,40-41,50-51H,1,20-24,26H2,2-8H3,(H,45,52)(H,46,53)/t28-,29-,33+,34-,36-,37-,38-,40+,41-/m0/s1. The number of rotatable bonds is 17. The average Bonchev–Trinajstić information content (AvgIpc) is 3.52. The van der Waals surface area contributed by atoms with Crippen LogP contribution in [0.15, 0.2) is 78.9 Å². The van der Waals surface area contributed by atoms with Gasteiger partial charge in [-0.2, -0.15) is 5.06 Å². The van der Waals surface area contributed by atoms with E-state index in [4.69, 9.17) is 9.57 Å². The molecule has 11 heteroatoms. The zero-order valence-corrected chi connectivity index (χ0v) is 33.4. The van der Waals surface area contributed by atoms with Crippen molar-refractivity contribution in [3.63, 3.8) is 0 Å². The van der Waals surface area contributed by atoms with E-state index in [-0.39, 0.29) is 48.0 Å². The van der Waals surface area contributed by atoms with Crippen molar-refractivity contribution in [3.05, 3.63) is 95.6 Å². The first-order valence-electron chi connectivity index (χ1n) is 19.4. The Morgan fingerprint density at radius 2 is 1.85 bits per heavy atom. The molecule has 0 unspecified atom stereocenters. The Kier molecular flexibility index (Phi) is 13.9. The topological polar surface area (TPSA) is 141 Å². The second kappa shape index (κ2) is 18.2. The van der Waals surface area contributed by atoms with E-state index in [1.807, 2.05) is 67.5 Å². The van der Waals surface area contributed by atoms with Crippen LogP contribution in [0.1, 0.15) is 57.2 Å². The van der Waals surface area contributed by atoms with Gasteiger partial charge in [-0.3, -0.25) is 19.2 Å². The van der Waals surface area contributed by atoms with Crippen LogP contribution in [-0.4, -0.2) is 103 Å². The van der Waals surface area contributed by atoms with Crippen molar-refractivity contribution < 1.29 is 34.2 Å². The van der Waals surface area contributed by atoms with Crippen molar-refractivity contribution in [1.29, 1.82) is 0 Å². The number of aliphatic hydroxyl groups is 2. The summed E-state index contributed by atoms with van der Waals surface area (Å²) in [6, 6.07) is 14.4. The number of carbonyl (C=O) groups excluding carboxylic acids is 3. The zero-order valence-electron chi connectivity index (χ0n) is 33.4. The van der Waals surface area contributed by atoms with E-state index in [1.54, 1.807) is 24.1 Å². The molecule has 55 heavy (non-hydrogen) atoms. The van der Waals surface area contributed by atoms with Gasteiger partial charge in [-0.05, 0) is 86.7 Å². The zero-order chi connectivity index (χ0) is 40.0. The third-order valence-corrected chi connectivity index (χ3v) is 12.2. The summed E-state index contributed by atoms with van der Waals surface area (Å²) < 4.78 is 5.98. The molecule has 1 aliphatic heterocycles. The van der Waals surface area contributed by atoms with Crippen molar-refractivity contribution in [2.75, 3.05) is 34.4 Å². The number of hydroxylamine groups is 2. The number of hydrogen-bond donors (Lipinski definition) is 4. The van der Waals surface area contributed by atoms with Crippen LogP contribution < -0.4 is 15.4 Å². The monoisotopic (exact) mass is 756 g/mol. The van der Waals surface area contributed by atoms with Crippen LogP contribution in [0, 0.1) is 29.1 Å². The van der Waals surface area contributed by atoms with Gasteiger partial charge in [0.25, 0.3) is 0 Å². The Labute approximate surface area is 326 Å². The number of methoxy groups -OCH3 is 1.